The molecule has 4 N–H and O–H groups in total. The van der Waals surface area contributed by atoms with Crippen LogP contribution in [0, 0.1) is 0 Å². The second kappa shape index (κ2) is 11.8. The molecule has 2 aromatic carbocycles. The van der Waals surface area contributed by atoms with Crippen LogP contribution in [0.25, 0.3) is 10.2 Å². The maximum atomic E-state index is 13.4. The van der Waals surface area contributed by atoms with Crippen LogP contribution in [0.4, 0.5) is 27.7 Å². The standard InChI is InChI=1S/C28H23ClN6O4S2/c29-20-12-18(7-8-21(20)39-14-19-2-1-11-40-19)35-25-22-23(34-28(35)38)24(41-27(22)32-15-31-25)26(37)33-17-5-3-16(4-6-17)13-30-9-10-36/h1-8,11-12,15,30,36H,9-10,13-14H2,(H,33,37)(H,34,38). The van der Waals surface area contributed by atoms with E-state index in [0.717, 1.165) is 10.4 Å². The zero-order valence-electron chi connectivity index (χ0n) is 21.4. The Labute approximate surface area is 247 Å². The summed E-state index contributed by atoms with van der Waals surface area (Å²) in [4.78, 5) is 38.8. The fourth-order valence-electron chi connectivity index (χ4n) is 4.36. The number of carbonyl (C=O) groups is 2. The van der Waals surface area contributed by atoms with Gasteiger partial charge in [0.1, 0.15) is 28.4 Å². The highest BCUT2D eigenvalue weighted by Crippen LogP contribution is 2.45. The lowest BCUT2D eigenvalue weighted by Gasteiger charge is -2.27. The Balaban J connectivity index is 1.25. The van der Waals surface area contributed by atoms with Crippen molar-refractivity contribution in [3.63, 3.8) is 0 Å². The lowest BCUT2D eigenvalue weighted by Crippen LogP contribution is -2.35. The number of benzene rings is 2. The summed E-state index contributed by atoms with van der Waals surface area (Å²) >= 11 is 9.29. The van der Waals surface area contributed by atoms with E-state index in [-0.39, 0.29) is 12.5 Å². The van der Waals surface area contributed by atoms with Crippen molar-refractivity contribution in [1.82, 2.24) is 15.3 Å². The van der Waals surface area contributed by atoms with Crippen molar-refractivity contribution in [2.24, 2.45) is 0 Å². The molecule has 10 nitrogen and oxygen atoms in total. The van der Waals surface area contributed by atoms with Gasteiger partial charge in [0.2, 0.25) is 0 Å². The van der Waals surface area contributed by atoms with Gasteiger partial charge in [0.25, 0.3) is 5.91 Å². The normalized spacial score (nSPS) is 12.4. The second-order valence-corrected chi connectivity index (χ2v) is 11.4. The first-order chi connectivity index (χ1) is 20.0. The number of thiophene rings is 2. The number of aliphatic hydroxyl groups excluding tert-OH is 1. The Bertz CT molecular complexity index is 1730. The van der Waals surface area contributed by atoms with E-state index in [1.807, 2.05) is 29.6 Å². The van der Waals surface area contributed by atoms with E-state index in [9.17, 15) is 9.59 Å². The van der Waals surface area contributed by atoms with Gasteiger partial charge in [-0.1, -0.05) is 29.8 Å². The van der Waals surface area contributed by atoms with E-state index >= 15 is 0 Å². The molecule has 4 heterocycles. The number of amides is 3. The molecule has 1 aliphatic heterocycles. The minimum absolute atomic E-state index is 0.0668. The number of nitrogens with one attached hydrogen (secondary N) is 3. The highest BCUT2D eigenvalue weighted by atomic mass is 35.5. The molecule has 0 saturated heterocycles. The monoisotopic (exact) mass is 606 g/mol. The molecule has 0 spiro atoms. The van der Waals surface area contributed by atoms with Crippen LogP contribution in [0.5, 0.6) is 5.75 Å². The van der Waals surface area contributed by atoms with E-state index in [1.54, 1.807) is 41.7 Å². The van der Waals surface area contributed by atoms with Gasteiger partial charge in [0.15, 0.2) is 5.82 Å². The number of rotatable bonds is 10. The molecular formula is C28H23ClN6O4S2. The Morgan fingerprint density at radius 1 is 1.15 bits per heavy atom. The molecule has 0 aliphatic carbocycles. The average Bonchev–Trinajstić information content (AvgIpc) is 3.63. The third-order valence-corrected chi connectivity index (χ3v) is 8.52. The Morgan fingerprint density at radius 3 is 2.76 bits per heavy atom. The highest BCUT2D eigenvalue weighted by molar-refractivity contribution is 7.21. The van der Waals surface area contributed by atoms with E-state index in [1.165, 1.54) is 22.6 Å². The third kappa shape index (κ3) is 5.60. The third-order valence-electron chi connectivity index (χ3n) is 6.27. The molecule has 3 amide bonds. The molecule has 0 fully saturated rings. The van der Waals surface area contributed by atoms with Crippen LogP contribution in [0.1, 0.15) is 20.1 Å². The number of carbonyl (C=O) groups excluding carboxylic acids is 2. The van der Waals surface area contributed by atoms with Crippen molar-refractivity contribution < 1.29 is 19.4 Å². The molecule has 0 unspecified atom stereocenters. The van der Waals surface area contributed by atoms with Gasteiger partial charge in [-0.05, 0) is 47.3 Å². The summed E-state index contributed by atoms with van der Waals surface area (Å²) in [6, 6.07) is 15.9. The molecule has 0 atom stereocenters. The molecule has 0 saturated carbocycles. The van der Waals surface area contributed by atoms with Crippen LogP contribution in [0.15, 0.2) is 66.3 Å². The number of urea groups is 1. The molecule has 3 aromatic heterocycles. The second-order valence-electron chi connectivity index (χ2n) is 8.98. The number of aliphatic hydroxyl groups is 1. The summed E-state index contributed by atoms with van der Waals surface area (Å²) in [6.45, 7) is 1.57. The number of hydrogen-bond acceptors (Lipinski definition) is 9. The maximum Gasteiger partial charge on any atom is 0.332 e. The molecule has 6 rings (SSSR count). The van der Waals surface area contributed by atoms with Gasteiger partial charge in [-0.15, -0.1) is 22.7 Å². The zero-order valence-corrected chi connectivity index (χ0v) is 23.8. The first-order valence-corrected chi connectivity index (χ1v) is 14.6. The Kier molecular flexibility index (Phi) is 7.81. The molecular weight excluding hydrogens is 584 g/mol. The molecule has 0 bridgehead atoms. The van der Waals surface area contributed by atoms with E-state index in [2.05, 4.69) is 25.9 Å². The minimum atomic E-state index is -0.479. The zero-order chi connectivity index (χ0) is 28.3. The van der Waals surface area contributed by atoms with Crippen molar-refractivity contribution in [2.75, 3.05) is 28.7 Å². The topological polar surface area (TPSA) is 129 Å². The summed E-state index contributed by atoms with van der Waals surface area (Å²) in [5.41, 5.74) is 2.48. The molecule has 5 aromatic rings. The lowest BCUT2D eigenvalue weighted by atomic mass is 10.2. The molecule has 1 aliphatic rings. The predicted molar refractivity (Wildman–Crippen MR) is 162 cm³/mol. The van der Waals surface area contributed by atoms with Crippen molar-refractivity contribution in [1.29, 1.82) is 0 Å². The van der Waals surface area contributed by atoms with Gasteiger partial charge in [0.05, 0.1) is 28.4 Å². The van der Waals surface area contributed by atoms with Crippen LogP contribution < -0.4 is 25.6 Å². The van der Waals surface area contributed by atoms with Crippen molar-refractivity contribution in [3.05, 3.63) is 86.6 Å². The molecule has 41 heavy (non-hydrogen) atoms. The van der Waals surface area contributed by atoms with Gasteiger partial charge in [-0.25, -0.2) is 19.7 Å². The van der Waals surface area contributed by atoms with Crippen LogP contribution in [-0.2, 0) is 13.2 Å². The van der Waals surface area contributed by atoms with Crippen molar-refractivity contribution in [2.45, 2.75) is 13.2 Å². The minimum Gasteiger partial charge on any atom is -0.487 e. The quantitative estimate of drug-likeness (QED) is 0.143. The van der Waals surface area contributed by atoms with Gasteiger partial charge < -0.3 is 25.8 Å². The fourth-order valence-corrected chi connectivity index (χ4v) is 6.19. The number of halogens is 1. The van der Waals surface area contributed by atoms with Gasteiger partial charge in [0, 0.05) is 23.7 Å². The largest absolute Gasteiger partial charge is 0.487 e. The van der Waals surface area contributed by atoms with Crippen molar-refractivity contribution >= 4 is 79.3 Å². The summed E-state index contributed by atoms with van der Waals surface area (Å²) in [7, 11) is 0. The fraction of sp³-hybridized carbons (Fsp3) is 0.143. The lowest BCUT2D eigenvalue weighted by molar-refractivity contribution is 0.103. The van der Waals surface area contributed by atoms with Gasteiger partial charge in [-0.2, -0.15) is 0 Å². The smallest absolute Gasteiger partial charge is 0.332 e. The van der Waals surface area contributed by atoms with Gasteiger partial charge >= 0.3 is 6.03 Å². The van der Waals surface area contributed by atoms with Crippen LogP contribution >= 0.6 is 34.3 Å². The Morgan fingerprint density at radius 2 is 2.00 bits per heavy atom. The summed E-state index contributed by atoms with van der Waals surface area (Å²) in [5.74, 6) is 0.481. The van der Waals surface area contributed by atoms with Crippen LogP contribution in [0.2, 0.25) is 5.02 Å². The number of anilines is 4. The molecule has 13 heteroatoms. The van der Waals surface area contributed by atoms with Gasteiger partial charge in [-0.3, -0.25) is 4.79 Å². The van der Waals surface area contributed by atoms with E-state index in [4.69, 9.17) is 21.4 Å². The van der Waals surface area contributed by atoms with E-state index < -0.39 is 6.03 Å². The highest BCUT2D eigenvalue weighted by Gasteiger charge is 2.34. The molecule has 0 radical (unpaired) electrons. The number of nitrogens with zero attached hydrogens (tertiary/aromatic N) is 3. The SMILES string of the molecule is O=C(Nc1ccc(CNCCO)cc1)c1sc2ncnc3c2c1NC(=O)N3c1ccc(OCc2cccs2)c(Cl)c1. The van der Waals surface area contributed by atoms with Crippen LogP contribution in [0.3, 0.4) is 0 Å². The summed E-state index contributed by atoms with van der Waals surface area (Å²) in [5, 5.41) is 20.7. The first kappa shape index (κ1) is 27.1. The summed E-state index contributed by atoms with van der Waals surface area (Å²) < 4.78 is 5.85. The predicted octanol–water partition coefficient (Wildman–Crippen LogP) is 6.00. The first-order valence-electron chi connectivity index (χ1n) is 12.6. The van der Waals surface area contributed by atoms with Crippen molar-refractivity contribution in [3.8, 4) is 5.75 Å². The number of ether oxygens (including phenoxy) is 1. The molecule has 208 valence electrons. The van der Waals surface area contributed by atoms with Crippen LogP contribution in [-0.4, -0.2) is 40.2 Å². The Hall–Kier alpha value is -4.07. The van der Waals surface area contributed by atoms with E-state index in [0.29, 0.717) is 68.4 Å². The number of aromatic nitrogens is 2. The maximum absolute atomic E-state index is 13.4. The number of hydrogen-bond donors (Lipinski definition) is 4. The average molecular weight is 607 g/mol. The summed E-state index contributed by atoms with van der Waals surface area (Å²) in [6.07, 6.45) is 1.37.